The van der Waals surface area contributed by atoms with Crippen molar-refractivity contribution in [3.63, 3.8) is 0 Å². The molecule has 3 heteroatoms. The van der Waals surface area contributed by atoms with Crippen LogP contribution in [0.1, 0.15) is 60.8 Å². The van der Waals surface area contributed by atoms with E-state index >= 15 is 0 Å². The minimum atomic E-state index is -0.488. The zero-order valence-corrected chi connectivity index (χ0v) is 12.1. The average Bonchev–Trinajstić information content (AvgIpc) is 2.27. The molecule has 0 fully saturated rings. The van der Waals surface area contributed by atoms with Crippen molar-refractivity contribution < 1.29 is 9.59 Å². The summed E-state index contributed by atoms with van der Waals surface area (Å²) < 4.78 is 0. The largest absolute Gasteiger partial charge is 0.321 e. The number of rotatable bonds is 7. The van der Waals surface area contributed by atoms with E-state index in [0.29, 0.717) is 6.42 Å². The summed E-state index contributed by atoms with van der Waals surface area (Å²) in [5.41, 5.74) is 5.33. The van der Waals surface area contributed by atoms with Gasteiger partial charge in [-0.05, 0) is 38.5 Å². The molecule has 0 aromatic rings. The average molecular weight is 241 g/mol. The number of hydrogen-bond acceptors (Lipinski definition) is 3. The van der Waals surface area contributed by atoms with Gasteiger partial charge in [0.15, 0.2) is 0 Å². The molecule has 2 N–H and O–H groups in total. The highest BCUT2D eigenvalue weighted by molar-refractivity contribution is 5.83. The van der Waals surface area contributed by atoms with Crippen LogP contribution in [0.15, 0.2) is 0 Å². The second-order valence-electron chi connectivity index (χ2n) is 5.74. The van der Waals surface area contributed by atoms with Crippen molar-refractivity contribution in [2.75, 3.05) is 0 Å². The second kappa shape index (κ2) is 5.76. The van der Waals surface area contributed by atoms with Gasteiger partial charge in [-0.3, -0.25) is 9.59 Å². The van der Waals surface area contributed by atoms with Crippen LogP contribution in [-0.2, 0) is 9.59 Å². The van der Waals surface area contributed by atoms with Crippen molar-refractivity contribution in [3.05, 3.63) is 0 Å². The summed E-state index contributed by atoms with van der Waals surface area (Å²) in [6, 6.07) is -0.488. The van der Waals surface area contributed by atoms with Gasteiger partial charge in [-0.15, -0.1) is 0 Å². The van der Waals surface area contributed by atoms with Crippen molar-refractivity contribution in [2.45, 2.75) is 66.8 Å². The van der Waals surface area contributed by atoms with Gasteiger partial charge >= 0.3 is 0 Å². The summed E-state index contributed by atoms with van der Waals surface area (Å²) in [7, 11) is 0. The minimum absolute atomic E-state index is 0.00337. The van der Waals surface area contributed by atoms with E-state index in [1.807, 2.05) is 27.7 Å². The molecule has 0 aromatic carbocycles. The van der Waals surface area contributed by atoms with E-state index in [4.69, 9.17) is 5.73 Å². The Bertz CT molecular complexity index is 301. The van der Waals surface area contributed by atoms with Crippen molar-refractivity contribution >= 4 is 11.6 Å². The van der Waals surface area contributed by atoms with Crippen LogP contribution in [0.5, 0.6) is 0 Å². The fourth-order valence-electron chi connectivity index (χ4n) is 2.34. The highest BCUT2D eigenvalue weighted by atomic mass is 16.1. The molecule has 0 amide bonds. The zero-order chi connectivity index (χ0) is 13.9. The van der Waals surface area contributed by atoms with Crippen molar-refractivity contribution in [1.29, 1.82) is 0 Å². The van der Waals surface area contributed by atoms with E-state index < -0.39 is 6.04 Å². The third-order valence-electron chi connectivity index (χ3n) is 4.42. The van der Waals surface area contributed by atoms with Gasteiger partial charge in [0.25, 0.3) is 0 Å². The van der Waals surface area contributed by atoms with E-state index in [1.54, 1.807) is 6.92 Å². The first kappa shape index (κ1) is 16.3. The molecule has 0 saturated carbocycles. The number of carbonyl (C=O) groups is 2. The van der Waals surface area contributed by atoms with E-state index in [0.717, 1.165) is 12.8 Å². The lowest BCUT2D eigenvalue weighted by molar-refractivity contribution is -0.130. The zero-order valence-electron chi connectivity index (χ0n) is 12.1. The molecule has 0 aliphatic heterocycles. The molecular formula is C14H27NO2. The molecule has 0 heterocycles. The van der Waals surface area contributed by atoms with Gasteiger partial charge in [0.2, 0.25) is 0 Å². The molecular weight excluding hydrogens is 214 g/mol. The summed E-state index contributed by atoms with van der Waals surface area (Å²) in [5, 5.41) is 0. The monoisotopic (exact) mass is 241 g/mol. The molecule has 3 unspecified atom stereocenters. The van der Waals surface area contributed by atoms with Crippen LogP contribution >= 0.6 is 0 Å². The van der Waals surface area contributed by atoms with E-state index in [9.17, 15) is 9.59 Å². The fourth-order valence-corrected chi connectivity index (χ4v) is 2.34. The Morgan fingerprint density at radius 1 is 1.12 bits per heavy atom. The predicted octanol–water partition coefficient (Wildman–Crippen LogP) is 2.71. The number of Topliss-reactive ketones (excluding diaryl/α,β-unsaturated/α-hetero) is 2. The van der Waals surface area contributed by atoms with Crippen LogP contribution in [-0.4, -0.2) is 17.6 Å². The summed E-state index contributed by atoms with van der Waals surface area (Å²) in [6.45, 7) is 11.2. The molecule has 17 heavy (non-hydrogen) atoms. The first-order valence-electron chi connectivity index (χ1n) is 6.40. The van der Waals surface area contributed by atoms with Crippen LogP contribution in [0.3, 0.4) is 0 Å². The molecule has 3 atom stereocenters. The number of hydrogen-bond donors (Lipinski definition) is 1. The predicted molar refractivity (Wildman–Crippen MR) is 70.8 cm³/mol. The summed E-state index contributed by atoms with van der Waals surface area (Å²) in [4.78, 5) is 23.2. The molecule has 100 valence electrons. The Balaban J connectivity index is 5.15. The van der Waals surface area contributed by atoms with E-state index in [1.165, 1.54) is 6.92 Å². The van der Waals surface area contributed by atoms with Crippen molar-refractivity contribution in [1.82, 2.24) is 0 Å². The Morgan fingerprint density at radius 3 is 1.82 bits per heavy atom. The van der Waals surface area contributed by atoms with E-state index in [-0.39, 0.29) is 22.4 Å². The van der Waals surface area contributed by atoms with Gasteiger partial charge in [0.1, 0.15) is 11.6 Å². The summed E-state index contributed by atoms with van der Waals surface area (Å²) in [5.74, 6) is 0.173. The highest BCUT2D eigenvalue weighted by Crippen LogP contribution is 2.41. The minimum Gasteiger partial charge on any atom is -0.321 e. The first-order valence-corrected chi connectivity index (χ1v) is 6.40. The Labute approximate surface area is 105 Å². The highest BCUT2D eigenvalue weighted by Gasteiger charge is 2.41. The van der Waals surface area contributed by atoms with E-state index in [2.05, 4.69) is 0 Å². The standard InChI is InChI=1S/C14H27NO2/c1-7-13(5,11(4)17)9-14(6,8-2)12(15)10(3)16/h12H,7-9,15H2,1-6H3. The maximum Gasteiger partial charge on any atom is 0.147 e. The van der Waals surface area contributed by atoms with Crippen LogP contribution < -0.4 is 5.73 Å². The molecule has 0 aliphatic carbocycles. The quantitative estimate of drug-likeness (QED) is 0.745. The summed E-state index contributed by atoms with van der Waals surface area (Å²) in [6.07, 6.45) is 2.25. The lowest BCUT2D eigenvalue weighted by Gasteiger charge is -2.40. The van der Waals surface area contributed by atoms with Crippen LogP contribution in [0.25, 0.3) is 0 Å². The topological polar surface area (TPSA) is 60.2 Å². The second-order valence-corrected chi connectivity index (χ2v) is 5.74. The normalized spacial score (nSPS) is 20.2. The maximum atomic E-state index is 11.8. The Hall–Kier alpha value is -0.700. The van der Waals surface area contributed by atoms with Gasteiger partial charge in [-0.25, -0.2) is 0 Å². The third-order valence-corrected chi connectivity index (χ3v) is 4.42. The molecule has 0 spiro atoms. The number of ketones is 2. The first-order chi connectivity index (χ1) is 7.63. The number of carbonyl (C=O) groups excluding carboxylic acids is 2. The Morgan fingerprint density at radius 2 is 1.59 bits per heavy atom. The molecule has 3 nitrogen and oxygen atoms in total. The fraction of sp³-hybridized carbons (Fsp3) is 0.857. The smallest absolute Gasteiger partial charge is 0.147 e. The van der Waals surface area contributed by atoms with Crippen LogP contribution in [0.2, 0.25) is 0 Å². The van der Waals surface area contributed by atoms with Crippen molar-refractivity contribution in [3.8, 4) is 0 Å². The van der Waals surface area contributed by atoms with Gasteiger partial charge in [0.05, 0.1) is 6.04 Å². The molecule has 0 rings (SSSR count). The van der Waals surface area contributed by atoms with Gasteiger partial charge in [-0.2, -0.15) is 0 Å². The lowest BCUT2D eigenvalue weighted by Crippen LogP contribution is -2.48. The van der Waals surface area contributed by atoms with Crippen LogP contribution in [0, 0.1) is 10.8 Å². The molecule has 0 bridgehead atoms. The lowest BCUT2D eigenvalue weighted by atomic mass is 9.65. The molecule has 0 radical (unpaired) electrons. The number of nitrogens with two attached hydrogens (primary N) is 1. The van der Waals surface area contributed by atoms with Gasteiger partial charge in [-0.1, -0.05) is 27.7 Å². The third kappa shape index (κ3) is 3.63. The van der Waals surface area contributed by atoms with Crippen LogP contribution in [0.4, 0.5) is 0 Å². The summed E-state index contributed by atoms with van der Waals surface area (Å²) >= 11 is 0. The van der Waals surface area contributed by atoms with Crippen molar-refractivity contribution in [2.24, 2.45) is 16.6 Å². The van der Waals surface area contributed by atoms with Gasteiger partial charge in [0, 0.05) is 5.41 Å². The Kier molecular flexibility index (Phi) is 5.53. The maximum absolute atomic E-state index is 11.8. The molecule has 0 saturated heterocycles. The SMILES string of the molecule is CCC(C)(CC(C)(CC)C(N)C(C)=O)C(C)=O. The molecule has 0 aliphatic rings. The van der Waals surface area contributed by atoms with Gasteiger partial charge < -0.3 is 5.73 Å². The molecule has 0 aromatic heterocycles.